The zero-order valence-corrected chi connectivity index (χ0v) is 15.1. The van der Waals surface area contributed by atoms with Crippen molar-refractivity contribution < 1.29 is 28.5 Å². The van der Waals surface area contributed by atoms with Gasteiger partial charge in [0.1, 0.15) is 16.9 Å². The summed E-state index contributed by atoms with van der Waals surface area (Å²) in [5.74, 6) is -0.403. The minimum atomic E-state index is -0.646. The second kappa shape index (κ2) is 7.78. The number of ether oxygens (including phenoxy) is 4. The molecule has 6 nitrogen and oxygen atoms in total. The molecule has 0 saturated carbocycles. The molecule has 0 fully saturated rings. The Morgan fingerprint density at radius 1 is 0.889 bits per heavy atom. The summed E-state index contributed by atoms with van der Waals surface area (Å²) in [6, 6.07) is 15.7. The van der Waals surface area contributed by atoms with Crippen molar-refractivity contribution in [2.24, 2.45) is 0 Å². The van der Waals surface area contributed by atoms with E-state index in [-0.39, 0.29) is 22.7 Å². The van der Waals surface area contributed by atoms with E-state index in [1.165, 1.54) is 14.2 Å². The fourth-order valence-corrected chi connectivity index (χ4v) is 2.81. The van der Waals surface area contributed by atoms with E-state index in [0.717, 1.165) is 0 Å². The van der Waals surface area contributed by atoms with E-state index in [1.54, 1.807) is 55.6 Å². The van der Waals surface area contributed by atoms with Gasteiger partial charge in [0.25, 0.3) is 0 Å². The SMILES string of the molecule is COC(=O)/C(=C1\OC(=O)C(c2ccccc2)=C1OC)c1ccc(OC)cc1. The largest absolute Gasteiger partial charge is 0.497 e. The minimum absolute atomic E-state index is 0.0263. The summed E-state index contributed by atoms with van der Waals surface area (Å²) >= 11 is 0. The van der Waals surface area contributed by atoms with Gasteiger partial charge >= 0.3 is 11.9 Å². The lowest BCUT2D eigenvalue weighted by Crippen LogP contribution is -2.09. The molecule has 2 aromatic rings. The van der Waals surface area contributed by atoms with Crippen LogP contribution in [0.2, 0.25) is 0 Å². The van der Waals surface area contributed by atoms with Crippen LogP contribution in [-0.2, 0) is 23.8 Å². The summed E-state index contributed by atoms with van der Waals surface area (Å²) in [5, 5.41) is 0. The van der Waals surface area contributed by atoms with E-state index in [1.807, 2.05) is 6.07 Å². The van der Waals surface area contributed by atoms with Crippen molar-refractivity contribution in [1.29, 1.82) is 0 Å². The predicted molar refractivity (Wildman–Crippen MR) is 98.4 cm³/mol. The Balaban J connectivity index is 2.23. The molecule has 3 rings (SSSR count). The van der Waals surface area contributed by atoms with E-state index in [4.69, 9.17) is 18.9 Å². The van der Waals surface area contributed by atoms with Crippen LogP contribution in [0.1, 0.15) is 11.1 Å². The maximum Gasteiger partial charge on any atom is 0.348 e. The lowest BCUT2D eigenvalue weighted by Gasteiger charge is -2.11. The van der Waals surface area contributed by atoms with Crippen LogP contribution in [0.3, 0.4) is 0 Å². The molecule has 0 radical (unpaired) electrons. The lowest BCUT2D eigenvalue weighted by molar-refractivity contribution is -0.134. The molecule has 27 heavy (non-hydrogen) atoms. The standard InChI is InChI=1S/C21H18O6/c1-24-15-11-9-14(10-12-15)17(20(22)26-3)19-18(25-2)16(21(23)27-19)13-7-5-4-6-8-13/h4-12H,1-3H3/b19-17-. The molecule has 1 aliphatic rings. The first-order valence-corrected chi connectivity index (χ1v) is 8.14. The molecule has 6 heteroatoms. The highest BCUT2D eigenvalue weighted by molar-refractivity contribution is 6.25. The second-order valence-electron chi connectivity index (χ2n) is 5.59. The molecular formula is C21H18O6. The molecule has 138 valence electrons. The van der Waals surface area contributed by atoms with Gasteiger partial charge in [-0.15, -0.1) is 0 Å². The number of rotatable bonds is 5. The molecule has 0 spiro atoms. The highest BCUT2D eigenvalue weighted by Crippen LogP contribution is 2.38. The number of carbonyl (C=O) groups is 2. The highest BCUT2D eigenvalue weighted by atomic mass is 16.6. The summed E-state index contributed by atoms with van der Waals surface area (Å²) in [6.07, 6.45) is 0. The fraction of sp³-hybridized carbons (Fsp3) is 0.143. The van der Waals surface area contributed by atoms with Crippen molar-refractivity contribution in [3.05, 3.63) is 77.2 Å². The maximum atomic E-state index is 12.5. The number of carbonyl (C=O) groups excluding carboxylic acids is 2. The van der Waals surface area contributed by atoms with Crippen LogP contribution in [-0.4, -0.2) is 33.3 Å². The van der Waals surface area contributed by atoms with Gasteiger partial charge in [-0.1, -0.05) is 42.5 Å². The Bertz CT molecular complexity index is 923. The van der Waals surface area contributed by atoms with Gasteiger partial charge in [0.2, 0.25) is 0 Å². The van der Waals surface area contributed by atoms with Crippen LogP contribution in [0.4, 0.5) is 0 Å². The summed E-state index contributed by atoms with van der Waals surface area (Å²) in [7, 11) is 4.23. The van der Waals surface area contributed by atoms with Crippen LogP contribution in [0.5, 0.6) is 5.75 Å². The number of hydrogen-bond acceptors (Lipinski definition) is 6. The van der Waals surface area contributed by atoms with Crippen molar-refractivity contribution in [1.82, 2.24) is 0 Å². The molecule has 0 amide bonds. The predicted octanol–water partition coefficient (Wildman–Crippen LogP) is 3.19. The van der Waals surface area contributed by atoms with Gasteiger partial charge < -0.3 is 18.9 Å². The quantitative estimate of drug-likeness (QED) is 0.598. The van der Waals surface area contributed by atoms with Crippen molar-refractivity contribution >= 4 is 23.1 Å². The first-order chi connectivity index (χ1) is 13.1. The zero-order valence-electron chi connectivity index (χ0n) is 15.1. The van der Waals surface area contributed by atoms with E-state index < -0.39 is 11.9 Å². The number of cyclic esters (lactones) is 1. The number of esters is 2. The molecule has 1 heterocycles. The van der Waals surface area contributed by atoms with Gasteiger partial charge in [-0.05, 0) is 23.3 Å². The van der Waals surface area contributed by atoms with Gasteiger partial charge in [0.05, 0.1) is 21.3 Å². The number of benzene rings is 2. The van der Waals surface area contributed by atoms with Gasteiger partial charge in [0.15, 0.2) is 11.5 Å². The maximum absolute atomic E-state index is 12.5. The van der Waals surface area contributed by atoms with Crippen molar-refractivity contribution in [2.45, 2.75) is 0 Å². The third kappa shape index (κ3) is 3.42. The molecule has 0 N–H and O–H groups in total. The number of methoxy groups -OCH3 is 3. The Morgan fingerprint density at radius 2 is 1.56 bits per heavy atom. The van der Waals surface area contributed by atoms with Gasteiger partial charge in [-0.3, -0.25) is 0 Å². The van der Waals surface area contributed by atoms with E-state index in [0.29, 0.717) is 16.9 Å². The van der Waals surface area contributed by atoms with Crippen LogP contribution < -0.4 is 4.74 Å². The van der Waals surface area contributed by atoms with Crippen LogP contribution in [0, 0.1) is 0 Å². The molecule has 0 saturated heterocycles. The van der Waals surface area contributed by atoms with Gasteiger partial charge in [-0.2, -0.15) is 0 Å². The normalized spacial score (nSPS) is 15.3. The van der Waals surface area contributed by atoms with Crippen molar-refractivity contribution in [3.8, 4) is 5.75 Å². The Morgan fingerprint density at radius 3 is 2.11 bits per heavy atom. The average Bonchev–Trinajstić information content (AvgIpc) is 3.04. The minimum Gasteiger partial charge on any atom is -0.497 e. The highest BCUT2D eigenvalue weighted by Gasteiger charge is 2.37. The van der Waals surface area contributed by atoms with E-state index in [9.17, 15) is 9.59 Å². The summed E-state index contributed by atoms with van der Waals surface area (Å²) < 4.78 is 20.9. The first-order valence-electron chi connectivity index (χ1n) is 8.14. The fourth-order valence-electron chi connectivity index (χ4n) is 2.81. The molecule has 2 aromatic carbocycles. The smallest absolute Gasteiger partial charge is 0.348 e. The van der Waals surface area contributed by atoms with E-state index in [2.05, 4.69) is 0 Å². The molecule has 0 bridgehead atoms. The zero-order chi connectivity index (χ0) is 19.4. The molecule has 0 aromatic heterocycles. The molecule has 0 unspecified atom stereocenters. The second-order valence-corrected chi connectivity index (χ2v) is 5.59. The molecule has 0 aliphatic carbocycles. The lowest BCUT2D eigenvalue weighted by atomic mass is 10.0. The third-order valence-corrected chi connectivity index (χ3v) is 4.09. The van der Waals surface area contributed by atoms with Gasteiger partial charge in [0, 0.05) is 0 Å². The van der Waals surface area contributed by atoms with Crippen LogP contribution >= 0.6 is 0 Å². The van der Waals surface area contributed by atoms with Crippen molar-refractivity contribution in [2.75, 3.05) is 21.3 Å². The Labute approximate surface area is 156 Å². The Kier molecular flexibility index (Phi) is 5.26. The topological polar surface area (TPSA) is 71.1 Å². The summed E-state index contributed by atoms with van der Waals surface area (Å²) in [6.45, 7) is 0. The molecule has 0 atom stereocenters. The third-order valence-electron chi connectivity index (χ3n) is 4.09. The molecule has 1 aliphatic heterocycles. The summed E-state index contributed by atoms with van der Waals surface area (Å²) in [4.78, 5) is 25.0. The average molecular weight is 366 g/mol. The van der Waals surface area contributed by atoms with Crippen LogP contribution in [0.25, 0.3) is 11.1 Å². The Hall–Kier alpha value is -3.54. The van der Waals surface area contributed by atoms with Crippen LogP contribution in [0.15, 0.2) is 66.1 Å². The summed E-state index contributed by atoms with van der Waals surface area (Å²) in [5.41, 5.74) is 1.49. The van der Waals surface area contributed by atoms with E-state index >= 15 is 0 Å². The van der Waals surface area contributed by atoms with Gasteiger partial charge in [-0.25, -0.2) is 9.59 Å². The monoisotopic (exact) mass is 366 g/mol. The first kappa shape index (κ1) is 18.3. The number of hydrogen-bond donors (Lipinski definition) is 0. The molecular weight excluding hydrogens is 348 g/mol. The van der Waals surface area contributed by atoms with Crippen molar-refractivity contribution in [3.63, 3.8) is 0 Å².